The predicted molar refractivity (Wildman–Crippen MR) is 73.5 cm³/mol. The van der Waals surface area contributed by atoms with E-state index in [0.29, 0.717) is 6.54 Å². The Bertz CT molecular complexity index is 657. The summed E-state index contributed by atoms with van der Waals surface area (Å²) >= 11 is 0. The number of carbonyl (C=O) groups excluding carboxylic acids is 1. The molecule has 0 unspecified atom stereocenters. The molecule has 1 aromatic heterocycles. The van der Waals surface area contributed by atoms with E-state index >= 15 is 0 Å². The van der Waals surface area contributed by atoms with Gasteiger partial charge in [0.15, 0.2) is 11.6 Å². The van der Waals surface area contributed by atoms with E-state index in [-0.39, 0.29) is 11.6 Å². The van der Waals surface area contributed by atoms with Crippen molar-refractivity contribution in [2.24, 2.45) is 0 Å². The van der Waals surface area contributed by atoms with E-state index in [9.17, 15) is 13.6 Å². The predicted octanol–water partition coefficient (Wildman–Crippen LogP) is 3.16. The summed E-state index contributed by atoms with van der Waals surface area (Å²) in [6, 6.07) is 7.41. The molecule has 1 fully saturated rings. The minimum Gasteiger partial charge on any atom is -0.331 e. The zero-order valence-corrected chi connectivity index (χ0v) is 11.3. The number of pyridine rings is 1. The van der Waals surface area contributed by atoms with Gasteiger partial charge in [0.05, 0.1) is 5.56 Å². The van der Waals surface area contributed by atoms with Crippen molar-refractivity contribution >= 4 is 5.91 Å². The summed E-state index contributed by atoms with van der Waals surface area (Å²) < 4.78 is 27.1. The maximum Gasteiger partial charge on any atom is 0.257 e. The van der Waals surface area contributed by atoms with Gasteiger partial charge >= 0.3 is 0 Å². The minimum absolute atomic E-state index is 0.105. The van der Waals surface area contributed by atoms with Crippen LogP contribution >= 0.6 is 0 Å². The summed E-state index contributed by atoms with van der Waals surface area (Å²) in [5.74, 6) is -2.55. The first-order valence-corrected chi connectivity index (χ1v) is 6.80. The third kappa shape index (κ3) is 2.91. The first-order valence-electron chi connectivity index (χ1n) is 6.80. The van der Waals surface area contributed by atoms with Crippen LogP contribution in [0.5, 0.6) is 0 Å². The van der Waals surface area contributed by atoms with Gasteiger partial charge in [-0.1, -0.05) is 6.07 Å². The molecule has 0 radical (unpaired) electrons. The molecule has 0 saturated heterocycles. The molecule has 5 heteroatoms. The summed E-state index contributed by atoms with van der Waals surface area (Å²) in [5.41, 5.74) is 0.706. The van der Waals surface area contributed by atoms with Gasteiger partial charge in [0.25, 0.3) is 5.91 Å². The van der Waals surface area contributed by atoms with Crippen LogP contribution in [-0.2, 0) is 6.54 Å². The number of amides is 1. The van der Waals surface area contributed by atoms with Crippen molar-refractivity contribution in [3.8, 4) is 0 Å². The Morgan fingerprint density at radius 3 is 2.57 bits per heavy atom. The van der Waals surface area contributed by atoms with Gasteiger partial charge in [-0.15, -0.1) is 0 Å². The largest absolute Gasteiger partial charge is 0.331 e. The Labute approximate surface area is 121 Å². The molecule has 0 aliphatic heterocycles. The van der Waals surface area contributed by atoms with Crippen LogP contribution in [0.25, 0.3) is 0 Å². The standard InChI is InChI=1S/C16H14F2N2O/c17-14-3-1-2-13(15(14)18)16(21)20(12-4-5-12)10-11-6-8-19-9-7-11/h1-3,6-9,12H,4-5,10H2. The van der Waals surface area contributed by atoms with Gasteiger partial charge in [-0.2, -0.15) is 0 Å². The van der Waals surface area contributed by atoms with E-state index in [0.717, 1.165) is 24.5 Å². The zero-order chi connectivity index (χ0) is 14.8. The van der Waals surface area contributed by atoms with Gasteiger partial charge in [-0.3, -0.25) is 9.78 Å². The lowest BCUT2D eigenvalue weighted by Crippen LogP contribution is -2.33. The van der Waals surface area contributed by atoms with Crippen molar-refractivity contribution in [2.75, 3.05) is 0 Å². The Balaban J connectivity index is 1.87. The molecule has 1 aliphatic rings. The second kappa shape index (κ2) is 5.60. The Morgan fingerprint density at radius 2 is 1.90 bits per heavy atom. The van der Waals surface area contributed by atoms with Crippen molar-refractivity contribution in [1.82, 2.24) is 9.88 Å². The quantitative estimate of drug-likeness (QED) is 0.865. The molecule has 0 atom stereocenters. The fourth-order valence-electron chi connectivity index (χ4n) is 2.26. The number of hydrogen-bond donors (Lipinski definition) is 0. The van der Waals surface area contributed by atoms with E-state index in [1.54, 1.807) is 17.3 Å². The fraction of sp³-hybridized carbons (Fsp3) is 0.250. The van der Waals surface area contributed by atoms with Gasteiger partial charge in [-0.25, -0.2) is 8.78 Å². The highest BCUT2D eigenvalue weighted by Crippen LogP contribution is 2.30. The van der Waals surface area contributed by atoms with E-state index < -0.39 is 17.5 Å². The van der Waals surface area contributed by atoms with E-state index in [2.05, 4.69) is 4.98 Å². The second-order valence-electron chi connectivity index (χ2n) is 5.12. The molecule has 21 heavy (non-hydrogen) atoms. The summed E-state index contributed by atoms with van der Waals surface area (Å²) in [6.07, 6.45) is 5.09. The molecule has 1 amide bonds. The number of hydrogen-bond acceptors (Lipinski definition) is 2. The Morgan fingerprint density at radius 1 is 1.19 bits per heavy atom. The maximum atomic E-state index is 13.8. The number of aromatic nitrogens is 1. The molecule has 0 N–H and O–H groups in total. The van der Waals surface area contributed by atoms with Gasteiger partial charge in [0, 0.05) is 25.0 Å². The van der Waals surface area contributed by atoms with Crippen molar-refractivity contribution < 1.29 is 13.6 Å². The lowest BCUT2D eigenvalue weighted by Gasteiger charge is -2.23. The minimum atomic E-state index is -1.08. The highest BCUT2D eigenvalue weighted by molar-refractivity contribution is 5.94. The molecular weight excluding hydrogens is 274 g/mol. The van der Waals surface area contributed by atoms with Gasteiger partial charge < -0.3 is 4.90 Å². The second-order valence-corrected chi connectivity index (χ2v) is 5.12. The van der Waals surface area contributed by atoms with Crippen LogP contribution in [0.4, 0.5) is 8.78 Å². The SMILES string of the molecule is O=C(c1cccc(F)c1F)N(Cc1ccncc1)C1CC1. The molecule has 1 aliphatic carbocycles. The molecule has 0 bridgehead atoms. The van der Waals surface area contributed by atoms with E-state index in [1.807, 2.05) is 12.1 Å². The van der Waals surface area contributed by atoms with E-state index in [4.69, 9.17) is 0 Å². The molecule has 108 valence electrons. The Kier molecular flexibility index (Phi) is 3.64. The monoisotopic (exact) mass is 288 g/mol. The van der Waals surface area contributed by atoms with Crippen LogP contribution in [0.15, 0.2) is 42.7 Å². The van der Waals surface area contributed by atoms with Gasteiger partial charge in [-0.05, 0) is 42.7 Å². The molecule has 0 spiro atoms. The smallest absolute Gasteiger partial charge is 0.257 e. The van der Waals surface area contributed by atoms with Crippen LogP contribution in [0.1, 0.15) is 28.8 Å². The van der Waals surface area contributed by atoms with Crippen LogP contribution in [0.2, 0.25) is 0 Å². The number of nitrogens with zero attached hydrogens (tertiary/aromatic N) is 2. The van der Waals surface area contributed by atoms with Gasteiger partial charge in [0.1, 0.15) is 0 Å². The van der Waals surface area contributed by atoms with Gasteiger partial charge in [0.2, 0.25) is 0 Å². The third-order valence-corrected chi connectivity index (χ3v) is 3.53. The van der Waals surface area contributed by atoms with Crippen molar-refractivity contribution in [1.29, 1.82) is 0 Å². The molecule has 3 rings (SSSR count). The van der Waals surface area contributed by atoms with Crippen LogP contribution in [-0.4, -0.2) is 21.8 Å². The zero-order valence-electron chi connectivity index (χ0n) is 11.3. The first-order chi connectivity index (χ1) is 10.2. The molecule has 2 aromatic rings. The number of rotatable bonds is 4. The average Bonchev–Trinajstić information content (AvgIpc) is 3.33. The van der Waals surface area contributed by atoms with Crippen molar-refractivity contribution in [3.05, 3.63) is 65.5 Å². The fourth-order valence-corrected chi connectivity index (χ4v) is 2.26. The molecular formula is C16H14F2N2O. The van der Waals surface area contributed by atoms with Crippen molar-refractivity contribution in [2.45, 2.75) is 25.4 Å². The summed E-state index contributed by atoms with van der Waals surface area (Å²) in [4.78, 5) is 18.0. The molecule has 3 nitrogen and oxygen atoms in total. The normalized spacial score (nSPS) is 14.0. The first kappa shape index (κ1) is 13.7. The lowest BCUT2D eigenvalue weighted by atomic mass is 10.1. The molecule has 1 saturated carbocycles. The summed E-state index contributed by atoms with van der Waals surface area (Å²) in [5, 5.41) is 0. The summed E-state index contributed by atoms with van der Waals surface area (Å²) in [6.45, 7) is 0.377. The average molecular weight is 288 g/mol. The Hall–Kier alpha value is -2.30. The molecule has 1 aromatic carbocycles. The van der Waals surface area contributed by atoms with Crippen LogP contribution < -0.4 is 0 Å². The third-order valence-electron chi connectivity index (χ3n) is 3.53. The van der Waals surface area contributed by atoms with Crippen LogP contribution in [0.3, 0.4) is 0 Å². The number of carbonyl (C=O) groups is 1. The van der Waals surface area contributed by atoms with E-state index in [1.165, 1.54) is 12.1 Å². The lowest BCUT2D eigenvalue weighted by molar-refractivity contribution is 0.0724. The highest BCUT2D eigenvalue weighted by atomic mass is 19.2. The highest BCUT2D eigenvalue weighted by Gasteiger charge is 2.34. The number of benzene rings is 1. The topological polar surface area (TPSA) is 33.2 Å². The molecule has 1 heterocycles. The maximum absolute atomic E-state index is 13.8. The number of halogens is 2. The van der Waals surface area contributed by atoms with Crippen molar-refractivity contribution in [3.63, 3.8) is 0 Å². The van der Waals surface area contributed by atoms with Crippen LogP contribution in [0, 0.1) is 11.6 Å². The summed E-state index contributed by atoms with van der Waals surface area (Å²) in [7, 11) is 0.